The second-order valence-corrected chi connectivity index (χ2v) is 10.1. The van der Waals surface area contributed by atoms with Gasteiger partial charge in [0.15, 0.2) is 0 Å². The van der Waals surface area contributed by atoms with Gasteiger partial charge in [0.25, 0.3) is 0 Å². The third-order valence-corrected chi connectivity index (χ3v) is 6.12. The summed E-state index contributed by atoms with van der Waals surface area (Å²) in [5.41, 5.74) is 3.30. The fraction of sp³-hybridized carbons (Fsp3) is 0.385. The average molecular weight is 467 g/mol. The lowest BCUT2D eigenvalue weighted by Gasteiger charge is -2.22. The zero-order chi connectivity index (χ0) is 23.8. The second-order valence-electron chi connectivity index (χ2n) is 9.65. The van der Waals surface area contributed by atoms with Crippen molar-refractivity contribution in [2.75, 3.05) is 0 Å². The number of carboxylic acids is 1. The lowest BCUT2D eigenvalue weighted by Crippen LogP contribution is -2.27. The van der Waals surface area contributed by atoms with Gasteiger partial charge in [-0.1, -0.05) is 23.7 Å². The van der Waals surface area contributed by atoms with Crippen molar-refractivity contribution >= 4 is 34.6 Å². The van der Waals surface area contributed by atoms with Crippen LogP contribution in [0.25, 0.3) is 22.3 Å². The average Bonchev–Trinajstić information content (AvgIpc) is 3.21. The van der Waals surface area contributed by atoms with Gasteiger partial charge in [0.2, 0.25) is 0 Å². The maximum absolute atomic E-state index is 12.5. The maximum Gasteiger partial charge on any atom is 0.335 e. The second kappa shape index (κ2) is 9.10. The largest absolute Gasteiger partial charge is 0.478 e. The van der Waals surface area contributed by atoms with Crippen LogP contribution < -0.4 is 0 Å². The van der Waals surface area contributed by atoms with Crippen LogP contribution in [0.15, 0.2) is 42.5 Å². The van der Waals surface area contributed by atoms with E-state index in [1.54, 1.807) is 12.1 Å². The molecular formula is C26H27ClN2O4. The van der Waals surface area contributed by atoms with Crippen LogP contribution in [-0.4, -0.2) is 32.6 Å². The van der Waals surface area contributed by atoms with Gasteiger partial charge in [-0.15, -0.1) is 0 Å². The molecule has 1 saturated carbocycles. The summed E-state index contributed by atoms with van der Waals surface area (Å²) in [6.07, 6.45) is 3.08. The minimum Gasteiger partial charge on any atom is -0.478 e. The highest BCUT2D eigenvalue weighted by Crippen LogP contribution is 2.36. The summed E-state index contributed by atoms with van der Waals surface area (Å²) in [6.45, 7) is 5.64. The standard InChI is InChI=1S/C26H27ClN2O4/c1-26(2,3)33-25(32)18-5-4-15(12-18)13-22-23(16-6-9-19(27)10-7-16)29-20-11-8-17(24(30)31)14-21(20)28-22/h6-11,14-15,18H,4-5,12-13H2,1-3H3,(H,30,31). The van der Waals surface area contributed by atoms with E-state index in [0.29, 0.717) is 22.5 Å². The summed E-state index contributed by atoms with van der Waals surface area (Å²) in [7, 11) is 0. The number of halogens is 1. The highest BCUT2D eigenvalue weighted by molar-refractivity contribution is 6.30. The van der Waals surface area contributed by atoms with Crippen LogP contribution in [0.4, 0.5) is 0 Å². The molecule has 7 heteroatoms. The van der Waals surface area contributed by atoms with Crippen molar-refractivity contribution in [1.29, 1.82) is 0 Å². The first-order valence-corrected chi connectivity index (χ1v) is 11.5. The Bertz CT molecular complexity index is 1200. The summed E-state index contributed by atoms with van der Waals surface area (Å²) in [4.78, 5) is 33.6. The molecule has 2 unspecified atom stereocenters. The van der Waals surface area contributed by atoms with Gasteiger partial charge in [0, 0.05) is 10.6 Å². The molecule has 1 aliphatic carbocycles. The maximum atomic E-state index is 12.5. The van der Waals surface area contributed by atoms with Crippen molar-refractivity contribution < 1.29 is 19.4 Å². The van der Waals surface area contributed by atoms with E-state index in [1.165, 1.54) is 6.07 Å². The minimum absolute atomic E-state index is 0.111. The molecule has 0 amide bonds. The Kier molecular flexibility index (Phi) is 6.39. The number of benzene rings is 2. The third-order valence-electron chi connectivity index (χ3n) is 5.86. The fourth-order valence-corrected chi connectivity index (χ4v) is 4.46. The number of carbonyl (C=O) groups is 2. The number of aromatic carboxylic acids is 1. The Morgan fingerprint density at radius 3 is 2.45 bits per heavy atom. The van der Waals surface area contributed by atoms with E-state index < -0.39 is 11.6 Å². The molecule has 2 atom stereocenters. The number of carbonyl (C=O) groups excluding carboxylic acids is 1. The van der Waals surface area contributed by atoms with Crippen LogP contribution in [0.5, 0.6) is 0 Å². The molecule has 172 valence electrons. The van der Waals surface area contributed by atoms with E-state index >= 15 is 0 Å². The molecule has 0 aliphatic heterocycles. The molecule has 0 spiro atoms. The number of aromatic nitrogens is 2. The molecule has 33 heavy (non-hydrogen) atoms. The number of hydrogen-bond acceptors (Lipinski definition) is 5. The molecule has 6 nitrogen and oxygen atoms in total. The monoisotopic (exact) mass is 466 g/mol. The SMILES string of the molecule is CC(C)(C)OC(=O)C1CCC(Cc2nc3cc(C(=O)O)ccc3nc2-c2ccc(Cl)cc2)C1. The van der Waals surface area contributed by atoms with Crippen molar-refractivity contribution in [2.24, 2.45) is 11.8 Å². The van der Waals surface area contributed by atoms with Gasteiger partial charge in [-0.2, -0.15) is 0 Å². The van der Waals surface area contributed by atoms with Crippen molar-refractivity contribution in [3.05, 3.63) is 58.7 Å². The van der Waals surface area contributed by atoms with Crippen molar-refractivity contribution in [1.82, 2.24) is 9.97 Å². The van der Waals surface area contributed by atoms with E-state index in [-0.39, 0.29) is 23.4 Å². The first kappa shape index (κ1) is 23.2. The Morgan fingerprint density at radius 2 is 1.79 bits per heavy atom. The summed E-state index contributed by atoms with van der Waals surface area (Å²) >= 11 is 6.07. The predicted molar refractivity (Wildman–Crippen MR) is 127 cm³/mol. The molecule has 1 N–H and O–H groups in total. The van der Waals surface area contributed by atoms with E-state index in [1.807, 2.05) is 45.0 Å². The lowest BCUT2D eigenvalue weighted by atomic mass is 9.96. The van der Waals surface area contributed by atoms with Gasteiger partial charge in [-0.25, -0.2) is 14.8 Å². The van der Waals surface area contributed by atoms with E-state index in [9.17, 15) is 14.7 Å². The smallest absolute Gasteiger partial charge is 0.335 e. The van der Waals surface area contributed by atoms with Crippen molar-refractivity contribution in [3.63, 3.8) is 0 Å². The van der Waals surface area contributed by atoms with Gasteiger partial charge in [0.05, 0.1) is 33.9 Å². The summed E-state index contributed by atoms with van der Waals surface area (Å²) < 4.78 is 5.58. The van der Waals surface area contributed by atoms with Crippen LogP contribution in [0.2, 0.25) is 5.02 Å². The number of fused-ring (bicyclic) bond motifs is 1. The van der Waals surface area contributed by atoms with Crippen LogP contribution in [0.1, 0.15) is 56.1 Å². The van der Waals surface area contributed by atoms with E-state index in [4.69, 9.17) is 26.3 Å². The number of rotatable bonds is 5. The number of carboxylic acid groups (broad SMARTS) is 1. The summed E-state index contributed by atoms with van der Waals surface area (Å²) in [5, 5.41) is 9.99. The Hall–Kier alpha value is -2.99. The van der Waals surface area contributed by atoms with Crippen LogP contribution >= 0.6 is 11.6 Å². The van der Waals surface area contributed by atoms with Crippen molar-refractivity contribution in [2.45, 2.75) is 52.1 Å². The summed E-state index contributed by atoms with van der Waals surface area (Å²) in [5.74, 6) is -0.986. The lowest BCUT2D eigenvalue weighted by molar-refractivity contribution is -0.159. The van der Waals surface area contributed by atoms with Gasteiger partial charge >= 0.3 is 11.9 Å². The molecule has 4 rings (SSSR count). The predicted octanol–water partition coefficient (Wildman–Crippen LogP) is 5.95. The van der Waals surface area contributed by atoms with Gasteiger partial charge < -0.3 is 9.84 Å². The van der Waals surface area contributed by atoms with Gasteiger partial charge in [-0.05, 0) is 82.7 Å². The molecule has 1 aliphatic rings. The molecule has 0 bridgehead atoms. The number of esters is 1. The molecule has 1 aromatic heterocycles. The fourth-order valence-electron chi connectivity index (χ4n) is 4.34. The molecule has 1 heterocycles. The quantitative estimate of drug-likeness (QED) is 0.467. The normalized spacial score (nSPS) is 18.4. The van der Waals surface area contributed by atoms with Crippen molar-refractivity contribution in [3.8, 4) is 11.3 Å². The highest BCUT2D eigenvalue weighted by atomic mass is 35.5. The summed E-state index contributed by atoms with van der Waals surface area (Å²) in [6, 6.07) is 12.2. The topological polar surface area (TPSA) is 89.4 Å². The number of ether oxygens (including phenoxy) is 1. The minimum atomic E-state index is -1.00. The first-order valence-electron chi connectivity index (χ1n) is 11.1. The van der Waals surface area contributed by atoms with E-state index in [2.05, 4.69) is 0 Å². The number of nitrogens with zero attached hydrogens (tertiary/aromatic N) is 2. The molecular weight excluding hydrogens is 440 g/mol. The van der Waals surface area contributed by atoms with Gasteiger partial charge in [-0.3, -0.25) is 4.79 Å². The molecule has 2 aromatic carbocycles. The third kappa shape index (κ3) is 5.50. The zero-order valence-electron chi connectivity index (χ0n) is 19.0. The molecule has 3 aromatic rings. The molecule has 1 fully saturated rings. The van der Waals surface area contributed by atoms with E-state index in [0.717, 1.165) is 36.2 Å². The molecule has 0 saturated heterocycles. The van der Waals surface area contributed by atoms with Crippen LogP contribution in [0.3, 0.4) is 0 Å². The Balaban J connectivity index is 1.66. The number of hydrogen-bond donors (Lipinski definition) is 1. The van der Waals surface area contributed by atoms with Crippen LogP contribution in [-0.2, 0) is 16.0 Å². The Morgan fingerprint density at radius 1 is 1.06 bits per heavy atom. The van der Waals surface area contributed by atoms with Crippen LogP contribution in [0, 0.1) is 11.8 Å². The van der Waals surface area contributed by atoms with Gasteiger partial charge in [0.1, 0.15) is 5.60 Å². The highest BCUT2D eigenvalue weighted by Gasteiger charge is 2.33. The molecule has 0 radical (unpaired) electrons. The first-order chi connectivity index (χ1) is 15.6. The zero-order valence-corrected chi connectivity index (χ0v) is 19.7. The Labute approximate surface area is 198 Å².